The van der Waals surface area contributed by atoms with Crippen LogP contribution in [-0.2, 0) is 5.41 Å². The van der Waals surface area contributed by atoms with Crippen LogP contribution in [-0.4, -0.2) is 0 Å². The molecule has 0 saturated carbocycles. The fourth-order valence-electron chi connectivity index (χ4n) is 2.15. The van der Waals surface area contributed by atoms with Crippen molar-refractivity contribution in [2.75, 3.05) is 0 Å². The largest absolute Gasteiger partial charge is 0.0656 e. The molecule has 0 aliphatic heterocycles. The van der Waals surface area contributed by atoms with Gasteiger partial charge in [-0.25, -0.2) is 0 Å². The van der Waals surface area contributed by atoms with Crippen LogP contribution in [0.25, 0.3) is 0 Å². The van der Waals surface area contributed by atoms with Crippen molar-refractivity contribution in [2.24, 2.45) is 0 Å². The molecule has 0 aromatic heterocycles. The van der Waals surface area contributed by atoms with Gasteiger partial charge in [-0.1, -0.05) is 103 Å². The van der Waals surface area contributed by atoms with E-state index in [1.165, 1.54) is 30.4 Å². The minimum Gasteiger partial charge on any atom is -0.0656 e. The predicted octanol–water partition coefficient (Wildman–Crippen LogP) is 7.64. The molecule has 0 unspecified atom stereocenters. The molecule has 0 bridgehead atoms. The number of benzene rings is 1. The van der Waals surface area contributed by atoms with Gasteiger partial charge in [-0.3, -0.25) is 0 Å². The highest BCUT2D eigenvalue weighted by atomic mass is 14.3. The molecule has 0 saturated heterocycles. The number of hydrogen-bond donors (Lipinski definition) is 0. The quantitative estimate of drug-likeness (QED) is 0.492. The summed E-state index contributed by atoms with van der Waals surface area (Å²) >= 11 is 0. The molecular weight excluding hydrogens is 264 g/mol. The standard InChI is InChI=1S/C15H20.C4H10.C3H8/c1-10-11(2)14(10)12-6-8-13(9-7-12)15(3,4)5;1-3-4-2;1-3-2/h6-9,14H,1-5H3;3-4H2,1-2H3;3H2,1-2H3. The zero-order chi connectivity index (χ0) is 17.3. The Bertz CT molecular complexity index is 426. The second-order valence-electron chi connectivity index (χ2n) is 7.38. The first-order valence-electron chi connectivity index (χ1n) is 9.02. The van der Waals surface area contributed by atoms with Crippen molar-refractivity contribution in [3.8, 4) is 0 Å². The van der Waals surface area contributed by atoms with Gasteiger partial charge in [-0.15, -0.1) is 0 Å². The topological polar surface area (TPSA) is 0 Å². The first-order valence-corrected chi connectivity index (χ1v) is 9.02. The molecule has 0 nitrogen and oxygen atoms in total. The Hall–Kier alpha value is -1.04. The highest BCUT2D eigenvalue weighted by Gasteiger charge is 2.30. The third-order valence-corrected chi connectivity index (χ3v) is 4.01. The van der Waals surface area contributed by atoms with Crippen LogP contribution < -0.4 is 0 Å². The lowest BCUT2D eigenvalue weighted by molar-refractivity contribution is 0.590. The van der Waals surface area contributed by atoms with Gasteiger partial charge in [0, 0.05) is 5.92 Å². The van der Waals surface area contributed by atoms with Crippen LogP contribution >= 0.6 is 0 Å². The smallest absolute Gasteiger partial charge is 0.0258 e. The molecule has 1 aromatic carbocycles. The molecule has 1 aliphatic carbocycles. The van der Waals surface area contributed by atoms with Gasteiger partial charge in [0.1, 0.15) is 0 Å². The van der Waals surface area contributed by atoms with E-state index in [0.29, 0.717) is 5.92 Å². The molecule has 0 fully saturated rings. The molecule has 1 aliphatic rings. The third-order valence-electron chi connectivity index (χ3n) is 4.01. The minimum atomic E-state index is 0.263. The summed E-state index contributed by atoms with van der Waals surface area (Å²) in [7, 11) is 0. The highest BCUT2D eigenvalue weighted by molar-refractivity contribution is 5.52. The summed E-state index contributed by atoms with van der Waals surface area (Å²) in [5.41, 5.74) is 6.25. The summed E-state index contributed by atoms with van der Waals surface area (Å²) in [6.45, 7) is 19.9. The Morgan fingerprint density at radius 2 is 1.14 bits per heavy atom. The monoisotopic (exact) mass is 302 g/mol. The lowest BCUT2D eigenvalue weighted by Crippen LogP contribution is -2.10. The maximum atomic E-state index is 2.28. The van der Waals surface area contributed by atoms with E-state index >= 15 is 0 Å². The highest BCUT2D eigenvalue weighted by Crippen LogP contribution is 2.47. The van der Waals surface area contributed by atoms with E-state index in [1.807, 2.05) is 0 Å². The molecule has 1 aromatic rings. The van der Waals surface area contributed by atoms with Gasteiger partial charge in [0.05, 0.1) is 0 Å². The van der Waals surface area contributed by atoms with E-state index in [4.69, 9.17) is 0 Å². The number of unbranched alkanes of at least 4 members (excludes halogenated alkanes) is 1. The van der Waals surface area contributed by atoms with Crippen molar-refractivity contribution in [3.05, 3.63) is 46.5 Å². The molecule has 126 valence electrons. The molecule has 2 rings (SSSR count). The second kappa shape index (κ2) is 9.87. The fourth-order valence-corrected chi connectivity index (χ4v) is 2.15. The van der Waals surface area contributed by atoms with Crippen molar-refractivity contribution in [2.45, 2.75) is 92.9 Å². The Morgan fingerprint density at radius 1 is 0.773 bits per heavy atom. The summed E-state index contributed by atoms with van der Waals surface area (Å²) in [6.07, 6.45) is 3.89. The Balaban J connectivity index is 0.000000537. The zero-order valence-corrected chi connectivity index (χ0v) is 16.5. The van der Waals surface area contributed by atoms with E-state index in [0.717, 1.165) is 0 Å². The van der Waals surface area contributed by atoms with Crippen LogP contribution in [0.4, 0.5) is 0 Å². The number of rotatable bonds is 2. The van der Waals surface area contributed by atoms with E-state index in [9.17, 15) is 0 Å². The number of allylic oxidation sites excluding steroid dienone is 2. The van der Waals surface area contributed by atoms with Crippen molar-refractivity contribution < 1.29 is 0 Å². The summed E-state index contributed by atoms with van der Waals surface area (Å²) in [5.74, 6) is 0.652. The van der Waals surface area contributed by atoms with Crippen molar-refractivity contribution in [1.29, 1.82) is 0 Å². The SMILES string of the molecule is CC1=C(C)C1c1ccc(C(C)(C)C)cc1.CCC.CCCC. The summed E-state index contributed by atoms with van der Waals surface area (Å²) in [4.78, 5) is 0. The van der Waals surface area contributed by atoms with Crippen LogP contribution in [0.1, 0.15) is 98.6 Å². The van der Waals surface area contributed by atoms with Gasteiger partial charge in [0.2, 0.25) is 0 Å². The van der Waals surface area contributed by atoms with E-state index in [-0.39, 0.29) is 5.41 Å². The Kier molecular flexibility index (Phi) is 9.41. The van der Waals surface area contributed by atoms with E-state index in [2.05, 4.69) is 86.6 Å². The average molecular weight is 303 g/mol. The van der Waals surface area contributed by atoms with E-state index in [1.54, 1.807) is 11.1 Å². The van der Waals surface area contributed by atoms with E-state index < -0.39 is 0 Å². The molecule has 0 N–H and O–H groups in total. The summed E-state index contributed by atoms with van der Waals surface area (Å²) in [5, 5.41) is 0. The van der Waals surface area contributed by atoms with Gasteiger partial charge in [-0.2, -0.15) is 0 Å². The normalized spacial score (nSPS) is 13.9. The van der Waals surface area contributed by atoms with Crippen molar-refractivity contribution >= 4 is 0 Å². The first-order chi connectivity index (χ1) is 10.2. The molecule has 0 heteroatoms. The number of hydrogen-bond acceptors (Lipinski definition) is 0. The second-order valence-corrected chi connectivity index (χ2v) is 7.38. The lowest BCUT2D eigenvalue weighted by Gasteiger charge is -2.19. The zero-order valence-electron chi connectivity index (χ0n) is 16.5. The minimum absolute atomic E-state index is 0.263. The van der Waals surface area contributed by atoms with Crippen molar-refractivity contribution in [1.82, 2.24) is 0 Å². The van der Waals surface area contributed by atoms with Crippen LogP contribution in [0.3, 0.4) is 0 Å². The van der Waals surface area contributed by atoms with Gasteiger partial charge >= 0.3 is 0 Å². The van der Waals surface area contributed by atoms with Crippen LogP contribution in [0.2, 0.25) is 0 Å². The third kappa shape index (κ3) is 6.81. The van der Waals surface area contributed by atoms with Gasteiger partial charge < -0.3 is 0 Å². The summed E-state index contributed by atoms with van der Waals surface area (Å²) < 4.78 is 0. The van der Waals surface area contributed by atoms with Crippen LogP contribution in [0.15, 0.2) is 35.4 Å². The van der Waals surface area contributed by atoms with Gasteiger partial charge in [0.15, 0.2) is 0 Å². The Morgan fingerprint density at radius 3 is 1.36 bits per heavy atom. The Labute approximate surface area is 140 Å². The molecule has 0 spiro atoms. The van der Waals surface area contributed by atoms with Crippen molar-refractivity contribution in [3.63, 3.8) is 0 Å². The molecular formula is C22H38. The fraction of sp³-hybridized carbons (Fsp3) is 0.636. The maximum Gasteiger partial charge on any atom is 0.0258 e. The molecule has 22 heavy (non-hydrogen) atoms. The first kappa shape index (κ1) is 21.0. The summed E-state index contributed by atoms with van der Waals surface area (Å²) in [6, 6.07) is 9.11. The van der Waals surface area contributed by atoms with Gasteiger partial charge in [-0.05, 0) is 30.4 Å². The predicted molar refractivity (Wildman–Crippen MR) is 103 cm³/mol. The molecule has 0 amide bonds. The molecule has 0 atom stereocenters. The van der Waals surface area contributed by atoms with Gasteiger partial charge in [0.25, 0.3) is 0 Å². The average Bonchev–Trinajstić information content (AvgIpc) is 3.06. The lowest BCUT2D eigenvalue weighted by atomic mass is 9.86. The van der Waals surface area contributed by atoms with Crippen LogP contribution in [0, 0.1) is 0 Å². The maximum absolute atomic E-state index is 2.28. The van der Waals surface area contributed by atoms with Crippen LogP contribution in [0.5, 0.6) is 0 Å². The molecule has 0 radical (unpaired) electrons. The molecule has 0 heterocycles.